The van der Waals surface area contributed by atoms with Crippen molar-refractivity contribution in [1.29, 1.82) is 0 Å². The van der Waals surface area contributed by atoms with Crippen LogP contribution in [0.2, 0.25) is 0 Å². The molecular weight excluding hydrogens is 352 g/mol. The second kappa shape index (κ2) is 7.93. The minimum atomic E-state index is -0.199. The maximum Gasteiger partial charge on any atom is 0.200 e. The molecular formula is C24H26O4. The Morgan fingerprint density at radius 3 is 2.57 bits per heavy atom. The van der Waals surface area contributed by atoms with E-state index in [4.69, 9.17) is 4.42 Å². The number of hydrogen-bond donors (Lipinski definition) is 2. The fourth-order valence-corrected chi connectivity index (χ4v) is 3.45. The van der Waals surface area contributed by atoms with Crippen LogP contribution in [0.1, 0.15) is 44.7 Å². The molecule has 0 saturated heterocycles. The SMILES string of the molecule is CC(C)=CCC/C(C)=C/Cc1c(O)cc2oc3c(O)cccc3c(=O)c2c1C. The lowest BCUT2D eigenvalue weighted by Gasteiger charge is -2.11. The van der Waals surface area contributed by atoms with E-state index in [1.165, 1.54) is 23.3 Å². The summed E-state index contributed by atoms with van der Waals surface area (Å²) in [7, 11) is 0. The number of hydrogen-bond acceptors (Lipinski definition) is 4. The van der Waals surface area contributed by atoms with Gasteiger partial charge < -0.3 is 14.6 Å². The summed E-state index contributed by atoms with van der Waals surface area (Å²) >= 11 is 0. The molecule has 4 nitrogen and oxygen atoms in total. The quantitative estimate of drug-likeness (QED) is 0.428. The van der Waals surface area contributed by atoms with Crippen molar-refractivity contribution >= 4 is 21.9 Å². The molecule has 0 saturated carbocycles. The van der Waals surface area contributed by atoms with E-state index in [0.29, 0.717) is 22.8 Å². The van der Waals surface area contributed by atoms with Gasteiger partial charge in [0.25, 0.3) is 0 Å². The zero-order valence-electron chi connectivity index (χ0n) is 16.8. The number of benzene rings is 2. The first-order valence-corrected chi connectivity index (χ1v) is 9.48. The Labute approximate surface area is 164 Å². The Hall–Kier alpha value is -3.01. The molecule has 0 bridgehead atoms. The third-order valence-corrected chi connectivity index (χ3v) is 5.07. The summed E-state index contributed by atoms with van der Waals surface area (Å²) in [4.78, 5) is 13.0. The third-order valence-electron chi connectivity index (χ3n) is 5.07. The standard InChI is InChI=1S/C24H26O4/c1-14(2)7-5-8-15(3)11-12-17-16(4)22-21(13-20(17)26)28-24-18(23(22)27)9-6-10-19(24)25/h6-7,9-11,13,25-26H,5,8,12H2,1-4H3/b15-11+. The van der Waals surface area contributed by atoms with Gasteiger partial charge in [0.15, 0.2) is 11.3 Å². The average Bonchev–Trinajstić information content (AvgIpc) is 2.62. The summed E-state index contributed by atoms with van der Waals surface area (Å²) in [6.45, 7) is 8.08. The summed E-state index contributed by atoms with van der Waals surface area (Å²) in [5.74, 6) is 0.00362. The minimum absolute atomic E-state index is 0.0901. The normalized spacial score (nSPS) is 11.9. The van der Waals surface area contributed by atoms with Gasteiger partial charge >= 0.3 is 0 Å². The van der Waals surface area contributed by atoms with Gasteiger partial charge in [0.1, 0.15) is 11.3 Å². The maximum atomic E-state index is 13.0. The molecule has 0 aliphatic heterocycles. The highest BCUT2D eigenvalue weighted by Crippen LogP contribution is 2.33. The first kappa shape index (κ1) is 19.7. The monoisotopic (exact) mass is 378 g/mol. The van der Waals surface area contributed by atoms with Gasteiger partial charge in [-0.3, -0.25) is 4.79 Å². The van der Waals surface area contributed by atoms with Crippen LogP contribution >= 0.6 is 0 Å². The predicted molar refractivity (Wildman–Crippen MR) is 114 cm³/mol. The molecule has 1 heterocycles. The lowest BCUT2D eigenvalue weighted by atomic mass is 9.97. The van der Waals surface area contributed by atoms with Crippen molar-refractivity contribution in [3.05, 3.63) is 68.9 Å². The highest BCUT2D eigenvalue weighted by atomic mass is 16.4. The smallest absolute Gasteiger partial charge is 0.200 e. The fraction of sp³-hybridized carbons (Fsp3) is 0.292. The largest absolute Gasteiger partial charge is 0.508 e. The molecule has 0 unspecified atom stereocenters. The van der Waals surface area contributed by atoms with E-state index < -0.39 is 0 Å². The molecule has 4 heteroatoms. The number of fused-ring (bicyclic) bond motifs is 2. The van der Waals surface area contributed by atoms with Crippen molar-refractivity contribution in [3.63, 3.8) is 0 Å². The molecule has 0 amide bonds. The lowest BCUT2D eigenvalue weighted by molar-refractivity contribution is 0.463. The van der Waals surface area contributed by atoms with Gasteiger partial charge in [-0.15, -0.1) is 0 Å². The summed E-state index contributed by atoms with van der Waals surface area (Å²) in [5, 5.41) is 21.3. The third kappa shape index (κ3) is 3.81. The lowest BCUT2D eigenvalue weighted by Crippen LogP contribution is -2.06. The summed E-state index contributed by atoms with van der Waals surface area (Å²) in [5.41, 5.74) is 4.20. The summed E-state index contributed by atoms with van der Waals surface area (Å²) in [6, 6.07) is 6.20. The molecule has 0 aliphatic rings. The Morgan fingerprint density at radius 2 is 1.86 bits per heavy atom. The molecule has 28 heavy (non-hydrogen) atoms. The number of allylic oxidation sites excluding steroid dienone is 4. The molecule has 3 aromatic rings. The van der Waals surface area contributed by atoms with Crippen LogP contribution in [0.5, 0.6) is 11.5 Å². The molecule has 0 aliphatic carbocycles. The highest BCUT2D eigenvalue weighted by molar-refractivity contribution is 5.94. The first-order valence-electron chi connectivity index (χ1n) is 9.48. The molecule has 0 spiro atoms. The van der Waals surface area contributed by atoms with Crippen molar-refractivity contribution < 1.29 is 14.6 Å². The summed E-state index contributed by atoms with van der Waals surface area (Å²) < 4.78 is 5.74. The van der Waals surface area contributed by atoms with Gasteiger partial charge in [0, 0.05) is 11.6 Å². The second-order valence-electron chi connectivity index (χ2n) is 7.53. The number of aromatic hydroxyl groups is 2. The van der Waals surface area contributed by atoms with Crippen molar-refractivity contribution in [1.82, 2.24) is 0 Å². The van der Waals surface area contributed by atoms with E-state index in [9.17, 15) is 15.0 Å². The van der Waals surface area contributed by atoms with Crippen molar-refractivity contribution in [2.45, 2.75) is 47.0 Å². The van der Waals surface area contributed by atoms with Gasteiger partial charge in [0.2, 0.25) is 5.43 Å². The zero-order valence-corrected chi connectivity index (χ0v) is 16.8. The second-order valence-corrected chi connectivity index (χ2v) is 7.53. The Balaban J connectivity index is 2.05. The molecule has 0 radical (unpaired) electrons. The molecule has 1 aromatic heterocycles. The van der Waals surface area contributed by atoms with Gasteiger partial charge in [-0.1, -0.05) is 29.4 Å². The van der Waals surface area contributed by atoms with Gasteiger partial charge in [-0.05, 0) is 64.7 Å². The molecule has 2 aromatic carbocycles. The number of para-hydroxylation sites is 1. The minimum Gasteiger partial charge on any atom is -0.508 e. The Bertz CT molecular complexity index is 1160. The molecule has 0 atom stereocenters. The van der Waals surface area contributed by atoms with E-state index in [1.807, 2.05) is 6.92 Å². The topological polar surface area (TPSA) is 70.7 Å². The number of phenolic OH excluding ortho intramolecular Hbond substituents is 2. The van der Waals surface area contributed by atoms with Crippen molar-refractivity contribution in [2.75, 3.05) is 0 Å². The highest BCUT2D eigenvalue weighted by Gasteiger charge is 2.17. The molecule has 0 fully saturated rings. The Kier molecular flexibility index (Phi) is 5.59. The van der Waals surface area contributed by atoms with Crippen LogP contribution < -0.4 is 5.43 Å². The zero-order chi connectivity index (χ0) is 20.4. The van der Waals surface area contributed by atoms with Crippen LogP contribution in [0, 0.1) is 6.92 Å². The van der Waals surface area contributed by atoms with Crippen LogP contribution in [-0.4, -0.2) is 10.2 Å². The van der Waals surface area contributed by atoms with E-state index in [-0.39, 0.29) is 28.1 Å². The van der Waals surface area contributed by atoms with Crippen molar-refractivity contribution in [2.24, 2.45) is 0 Å². The molecule has 146 valence electrons. The number of rotatable bonds is 5. The molecule has 2 N–H and O–H groups in total. The summed E-state index contributed by atoms with van der Waals surface area (Å²) in [6.07, 6.45) is 6.81. The number of phenols is 2. The van der Waals surface area contributed by atoms with E-state index in [0.717, 1.165) is 18.4 Å². The Morgan fingerprint density at radius 1 is 1.11 bits per heavy atom. The maximum absolute atomic E-state index is 13.0. The van der Waals surface area contributed by atoms with E-state index in [2.05, 4.69) is 32.9 Å². The van der Waals surface area contributed by atoms with Crippen molar-refractivity contribution in [3.8, 4) is 11.5 Å². The number of aryl methyl sites for hydroxylation is 1. The van der Waals surface area contributed by atoms with Crippen LogP contribution in [0.25, 0.3) is 21.9 Å². The first-order chi connectivity index (χ1) is 13.3. The van der Waals surface area contributed by atoms with Crippen LogP contribution in [0.15, 0.2) is 56.8 Å². The molecule has 3 rings (SSSR count). The average molecular weight is 378 g/mol. The fourth-order valence-electron chi connectivity index (χ4n) is 3.45. The van der Waals surface area contributed by atoms with Gasteiger partial charge in [0.05, 0.1) is 10.8 Å². The van der Waals surface area contributed by atoms with Gasteiger partial charge in [-0.2, -0.15) is 0 Å². The predicted octanol–water partition coefficient (Wildman–Crippen LogP) is 5.90. The van der Waals surface area contributed by atoms with E-state index in [1.54, 1.807) is 12.1 Å². The van der Waals surface area contributed by atoms with Crippen LogP contribution in [0.4, 0.5) is 0 Å². The van der Waals surface area contributed by atoms with Crippen LogP contribution in [-0.2, 0) is 6.42 Å². The van der Waals surface area contributed by atoms with E-state index >= 15 is 0 Å². The van der Waals surface area contributed by atoms with Crippen LogP contribution in [0.3, 0.4) is 0 Å². The van der Waals surface area contributed by atoms with Gasteiger partial charge in [-0.25, -0.2) is 0 Å².